The fraction of sp³-hybridized carbons (Fsp3) is 0.700. The predicted octanol–water partition coefficient (Wildman–Crippen LogP) is 2.45. The Morgan fingerprint density at radius 1 is 1.50 bits per heavy atom. The van der Waals surface area contributed by atoms with Crippen LogP contribution >= 0.6 is 11.6 Å². The SMILES string of the molecule is COCC(C)n1nc(C)c(CCl)c1C. The van der Waals surface area contributed by atoms with Gasteiger partial charge in [0, 0.05) is 18.4 Å². The number of hydrogen-bond donors (Lipinski definition) is 0. The average Bonchev–Trinajstić information content (AvgIpc) is 2.42. The van der Waals surface area contributed by atoms with Gasteiger partial charge in [0.05, 0.1) is 24.2 Å². The lowest BCUT2D eigenvalue weighted by Gasteiger charge is -2.13. The second-order valence-electron chi connectivity index (χ2n) is 3.53. The lowest BCUT2D eigenvalue weighted by Crippen LogP contribution is -2.14. The van der Waals surface area contributed by atoms with Crippen molar-refractivity contribution in [2.24, 2.45) is 0 Å². The van der Waals surface area contributed by atoms with Crippen molar-refractivity contribution in [3.05, 3.63) is 17.0 Å². The van der Waals surface area contributed by atoms with E-state index in [0.29, 0.717) is 12.5 Å². The number of aromatic nitrogens is 2. The van der Waals surface area contributed by atoms with Crippen LogP contribution in [-0.2, 0) is 10.6 Å². The fourth-order valence-electron chi connectivity index (χ4n) is 1.63. The first-order valence-electron chi connectivity index (χ1n) is 4.71. The van der Waals surface area contributed by atoms with Crippen molar-refractivity contribution < 1.29 is 4.74 Å². The van der Waals surface area contributed by atoms with Gasteiger partial charge >= 0.3 is 0 Å². The summed E-state index contributed by atoms with van der Waals surface area (Å²) < 4.78 is 7.08. The van der Waals surface area contributed by atoms with E-state index in [1.807, 2.05) is 18.5 Å². The minimum atomic E-state index is 0.260. The van der Waals surface area contributed by atoms with E-state index in [0.717, 1.165) is 17.0 Å². The van der Waals surface area contributed by atoms with Crippen LogP contribution in [0.3, 0.4) is 0 Å². The summed E-state index contributed by atoms with van der Waals surface area (Å²) in [7, 11) is 1.70. The van der Waals surface area contributed by atoms with E-state index in [9.17, 15) is 0 Å². The molecular formula is C10H17ClN2O. The Hall–Kier alpha value is -0.540. The van der Waals surface area contributed by atoms with Crippen LogP contribution in [0.1, 0.15) is 29.9 Å². The van der Waals surface area contributed by atoms with Gasteiger partial charge in [-0.15, -0.1) is 11.6 Å². The molecule has 0 radical (unpaired) electrons. The van der Waals surface area contributed by atoms with Gasteiger partial charge in [0.2, 0.25) is 0 Å². The van der Waals surface area contributed by atoms with Gasteiger partial charge in [-0.05, 0) is 20.8 Å². The molecule has 0 fully saturated rings. The second kappa shape index (κ2) is 4.80. The van der Waals surface area contributed by atoms with Gasteiger partial charge in [0.15, 0.2) is 0 Å². The third-order valence-corrected chi connectivity index (χ3v) is 2.70. The minimum Gasteiger partial charge on any atom is -0.382 e. The van der Waals surface area contributed by atoms with Gasteiger partial charge in [0.1, 0.15) is 0 Å². The highest BCUT2D eigenvalue weighted by Crippen LogP contribution is 2.19. The number of alkyl halides is 1. The number of aryl methyl sites for hydroxylation is 1. The normalized spacial score (nSPS) is 13.2. The molecule has 0 amide bonds. The molecule has 4 heteroatoms. The van der Waals surface area contributed by atoms with Crippen LogP contribution < -0.4 is 0 Å². The third-order valence-electron chi connectivity index (χ3n) is 2.43. The molecule has 0 aromatic carbocycles. The summed E-state index contributed by atoms with van der Waals surface area (Å²) in [6, 6.07) is 0.260. The highest BCUT2D eigenvalue weighted by molar-refractivity contribution is 6.17. The van der Waals surface area contributed by atoms with E-state index in [2.05, 4.69) is 12.0 Å². The van der Waals surface area contributed by atoms with E-state index < -0.39 is 0 Å². The molecule has 0 spiro atoms. The standard InChI is InChI=1S/C10H17ClN2O/c1-7(6-14-4)13-9(3)10(5-11)8(2)12-13/h7H,5-6H2,1-4H3. The van der Waals surface area contributed by atoms with Crippen LogP contribution in [0.25, 0.3) is 0 Å². The maximum atomic E-state index is 5.85. The highest BCUT2D eigenvalue weighted by Gasteiger charge is 2.14. The summed E-state index contributed by atoms with van der Waals surface area (Å²) in [6.07, 6.45) is 0. The van der Waals surface area contributed by atoms with Gasteiger partial charge in [-0.2, -0.15) is 5.10 Å². The first kappa shape index (κ1) is 11.5. The van der Waals surface area contributed by atoms with Gasteiger partial charge in [0.25, 0.3) is 0 Å². The van der Waals surface area contributed by atoms with E-state index in [1.165, 1.54) is 0 Å². The van der Waals surface area contributed by atoms with Crippen molar-refractivity contribution in [1.82, 2.24) is 9.78 Å². The van der Waals surface area contributed by atoms with E-state index >= 15 is 0 Å². The molecule has 14 heavy (non-hydrogen) atoms. The van der Waals surface area contributed by atoms with Crippen LogP contribution in [0.5, 0.6) is 0 Å². The molecule has 0 N–H and O–H groups in total. The molecule has 1 aromatic heterocycles. The maximum absolute atomic E-state index is 5.85. The summed E-state index contributed by atoms with van der Waals surface area (Å²) in [5, 5.41) is 4.45. The average molecular weight is 217 g/mol. The molecule has 1 heterocycles. The van der Waals surface area contributed by atoms with Crippen LogP contribution in [0.2, 0.25) is 0 Å². The molecule has 0 aliphatic carbocycles. The topological polar surface area (TPSA) is 27.1 Å². The zero-order valence-corrected chi connectivity index (χ0v) is 9.93. The number of methoxy groups -OCH3 is 1. The molecule has 1 atom stereocenters. The van der Waals surface area contributed by atoms with Crippen molar-refractivity contribution in [3.63, 3.8) is 0 Å². The number of hydrogen-bond acceptors (Lipinski definition) is 2. The molecule has 0 aliphatic rings. The summed E-state index contributed by atoms with van der Waals surface area (Å²) in [5.74, 6) is 0.525. The highest BCUT2D eigenvalue weighted by atomic mass is 35.5. The summed E-state index contributed by atoms with van der Waals surface area (Å²) in [4.78, 5) is 0. The quantitative estimate of drug-likeness (QED) is 0.723. The second-order valence-corrected chi connectivity index (χ2v) is 3.80. The predicted molar refractivity (Wildman–Crippen MR) is 57.8 cm³/mol. The Kier molecular flexibility index (Phi) is 3.96. The molecule has 0 aliphatic heterocycles. The molecular weight excluding hydrogens is 200 g/mol. The van der Waals surface area contributed by atoms with Gasteiger partial charge in [-0.1, -0.05) is 0 Å². The van der Waals surface area contributed by atoms with Crippen molar-refractivity contribution in [2.75, 3.05) is 13.7 Å². The zero-order chi connectivity index (χ0) is 10.7. The van der Waals surface area contributed by atoms with Crippen molar-refractivity contribution in [3.8, 4) is 0 Å². The number of rotatable bonds is 4. The molecule has 1 unspecified atom stereocenters. The van der Waals surface area contributed by atoms with Crippen LogP contribution in [0.15, 0.2) is 0 Å². The molecule has 1 rings (SSSR count). The largest absolute Gasteiger partial charge is 0.382 e. The summed E-state index contributed by atoms with van der Waals surface area (Å²) in [5.41, 5.74) is 3.29. The smallest absolute Gasteiger partial charge is 0.0727 e. The third kappa shape index (κ3) is 2.10. The Bertz CT molecular complexity index is 309. The number of ether oxygens (including phenoxy) is 1. The monoisotopic (exact) mass is 216 g/mol. The fourth-order valence-corrected chi connectivity index (χ4v) is 2.02. The molecule has 0 bridgehead atoms. The molecule has 80 valence electrons. The number of halogens is 1. The number of nitrogens with zero attached hydrogens (tertiary/aromatic N) is 2. The first-order chi connectivity index (χ1) is 6.61. The molecule has 0 saturated carbocycles. The van der Waals surface area contributed by atoms with E-state index in [4.69, 9.17) is 16.3 Å². The lowest BCUT2D eigenvalue weighted by molar-refractivity contribution is 0.156. The van der Waals surface area contributed by atoms with Gasteiger partial charge in [-0.25, -0.2) is 0 Å². The summed E-state index contributed by atoms with van der Waals surface area (Å²) >= 11 is 5.85. The van der Waals surface area contributed by atoms with Crippen molar-refractivity contribution in [1.29, 1.82) is 0 Å². The Morgan fingerprint density at radius 3 is 2.57 bits per heavy atom. The lowest BCUT2D eigenvalue weighted by atomic mass is 10.2. The Morgan fingerprint density at radius 2 is 2.14 bits per heavy atom. The zero-order valence-electron chi connectivity index (χ0n) is 9.17. The van der Waals surface area contributed by atoms with Gasteiger partial charge in [-0.3, -0.25) is 4.68 Å². The Balaban J connectivity index is 2.98. The maximum Gasteiger partial charge on any atom is 0.0727 e. The van der Waals surface area contributed by atoms with Gasteiger partial charge < -0.3 is 4.74 Å². The molecule has 0 saturated heterocycles. The first-order valence-corrected chi connectivity index (χ1v) is 5.24. The molecule has 1 aromatic rings. The summed E-state index contributed by atoms with van der Waals surface area (Å²) in [6.45, 7) is 6.79. The minimum absolute atomic E-state index is 0.260. The van der Waals surface area contributed by atoms with Crippen molar-refractivity contribution in [2.45, 2.75) is 32.7 Å². The van der Waals surface area contributed by atoms with E-state index in [1.54, 1.807) is 7.11 Å². The van der Waals surface area contributed by atoms with Crippen LogP contribution in [-0.4, -0.2) is 23.5 Å². The van der Waals surface area contributed by atoms with E-state index in [-0.39, 0.29) is 6.04 Å². The molecule has 3 nitrogen and oxygen atoms in total. The Labute approximate surface area is 90.0 Å². The van der Waals surface area contributed by atoms with Crippen molar-refractivity contribution >= 4 is 11.6 Å². The van der Waals surface area contributed by atoms with Crippen LogP contribution in [0.4, 0.5) is 0 Å². The van der Waals surface area contributed by atoms with Crippen LogP contribution in [0, 0.1) is 13.8 Å².